The first-order valence-corrected chi connectivity index (χ1v) is 7.62. The third-order valence-electron chi connectivity index (χ3n) is 3.15. The fourth-order valence-corrected chi connectivity index (χ4v) is 2.80. The summed E-state index contributed by atoms with van der Waals surface area (Å²) < 4.78 is 13.2. The van der Waals surface area contributed by atoms with Crippen molar-refractivity contribution in [2.24, 2.45) is 5.92 Å². The van der Waals surface area contributed by atoms with Gasteiger partial charge in [-0.3, -0.25) is 0 Å². The van der Waals surface area contributed by atoms with Gasteiger partial charge in [0.25, 0.3) is 0 Å². The fourth-order valence-electron chi connectivity index (χ4n) is 2.19. The Labute approximate surface area is 133 Å². The lowest BCUT2D eigenvalue weighted by atomic mass is 9.94. The number of hydrogen-bond donors (Lipinski definition) is 0. The molecule has 1 atom stereocenters. The van der Waals surface area contributed by atoms with Crippen molar-refractivity contribution < 1.29 is 4.39 Å². The number of rotatable bonds is 5. The van der Waals surface area contributed by atoms with Crippen molar-refractivity contribution >= 4 is 34.8 Å². The summed E-state index contributed by atoms with van der Waals surface area (Å²) in [6.07, 6.45) is 1.43. The van der Waals surface area contributed by atoms with Gasteiger partial charge in [-0.15, -0.1) is 11.6 Å². The Morgan fingerprint density at radius 2 is 1.80 bits per heavy atom. The molecule has 0 spiro atoms. The summed E-state index contributed by atoms with van der Waals surface area (Å²) in [4.78, 5) is 0. The van der Waals surface area contributed by atoms with Crippen LogP contribution in [-0.2, 0) is 12.8 Å². The summed E-state index contributed by atoms with van der Waals surface area (Å²) in [5.74, 6) is 0.449. The molecular weight excluding hydrogens is 318 g/mol. The number of alkyl halides is 1. The molecule has 20 heavy (non-hydrogen) atoms. The van der Waals surface area contributed by atoms with Crippen molar-refractivity contribution in [2.75, 3.05) is 5.88 Å². The molecule has 0 aromatic heterocycles. The Balaban J connectivity index is 2.11. The fraction of sp³-hybridized carbons (Fsp3) is 0.250. The zero-order valence-electron chi connectivity index (χ0n) is 10.8. The first-order valence-electron chi connectivity index (χ1n) is 6.33. The van der Waals surface area contributed by atoms with Crippen molar-refractivity contribution in [1.29, 1.82) is 0 Å². The maximum absolute atomic E-state index is 13.2. The summed E-state index contributed by atoms with van der Waals surface area (Å²) in [5, 5.41) is 1.34. The lowest BCUT2D eigenvalue weighted by Crippen LogP contribution is -2.10. The average Bonchev–Trinajstić information content (AvgIpc) is 2.42. The lowest BCUT2D eigenvalue weighted by molar-refractivity contribution is 0.576. The maximum atomic E-state index is 13.2. The van der Waals surface area contributed by atoms with E-state index in [-0.39, 0.29) is 11.7 Å². The Morgan fingerprint density at radius 3 is 2.50 bits per heavy atom. The van der Waals surface area contributed by atoms with E-state index in [0.717, 1.165) is 17.5 Å². The van der Waals surface area contributed by atoms with Crippen LogP contribution < -0.4 is 0 Å². The summed E-state index contributed by atoms with van der Waals surface area (Å²) >= 11 is 18.2. The minimum Gasteiger partial charge on any atom is -0.207 e. The third-order valence-corrected chi connectivity index (χ3v) is 4.19. The highest BCUT2D eigenvalue weighted by molar-refractivity contribution is 6.33. The largest absolute Gasteiger partial charge is 0.207 e. The number of hydrogen-bond acceptors (Lipinski definition) is 0. The van der Waals surface area contributed by atoms with E-state index in [4.69, 9.17) is 34.8 Å². The molecule has 0 aliphatic heterocycles. The smallest absolute Gasteiger partial charge is 0.123 e. The molecule has 4 heteroatoms. The van der Waals surface area contributed by atoms with Gasteiger partial charge in [0.1, 0.15) is 5.82 Å². The highest BCUT2D eigenvalue weighted by Gasteiger charge is 2.13. The van der Waals surface area contributed by atoms with Gasteiger partial charge in [0, 0.05) is 15.9 Å². The molecule has 2 aromatic carbocycles. The zero-order valence-corrected chi connectivity index (χ0v) is 13.0. The average molecular weight is 332 g/mol. The van der Waals surface area contributed by atoms with Gasteiger partial charge >= 0.3 is 0 Å². The molecule has 0 bridgehead atoms. The number of benzene rings is 2. The molecule has 0 fully saturated rings. The van der Waals surface area contributed by atoms with Gasteiger partial charge in [0.2, 0.25) is 0 Å². The van der Waals surface area contributed by atoms with E-state index in [0.29, 0.717) is 22.3 Å². The predicted molar refractivity (Wildman–Crippen MR) is 84.5 cm³/mol. The van der Waals surface area contributed by atoms with Crippen LogP contribution in [0, 0.1) is 11.7 Å². The molecule has 0 aliphatic carbocycles. The van der Waals surface area contributed by atoms with Crippen molar-refractivity contribution in [3.8, 4) is 0 Å². The SMILES string of the molecule is Fc1cccc(CC(CCl)Cc2cc(Cl)ccc2Cl)c1. The molecule has 0 radical (unpaired) electrons. The van der Waals surface area contributed by atoms with Crippen LogP contribution in [0.3, 0.4) is 0 Å². The van der Waals surface area contributed by atoms with Crippen molar-refractivity contribution in [2.45, 2.75) is 12.8 Å². The molecule has 0 saturated heterocycles. The highest BCUT2D eigenvalue weighted by Crippen LogP contribution is 2.25. The molecule has 1 unspecified atom stereocenters. The molecule has 0 aliphatic rings. The monoisotopic (exact) mass is 330 g/mol. The molecule has 0 heterocycles. The molecule has 0 amide bonds. The van der Waals surface area contributed by atoms with Crippen LogP contribution in [0.5, 0.6) is 0 Å². The molecule has 2 rings (SSSR count). The molecule has 0 nitrogen and oxygen atoms in total. The van der Waals surface area contributed by atoms with Gasteiger partial charge in [0.05, 0.1) is 0 Å². The van der Waals surface area contributed by atoms with Gasteiger partial charge < -0.3 is 0 Å². The summed E-state index contributed by atoms with van der Waals surface area (Å²) in [7, 11) is 0. The van der Waals surface area contributed by atoms with Crippen molar-refractivity contribution in [1.82, 2.24) is 0 Å². The molecular formula is C16H14Cl3F. The molecule has 0 N–H and O–H groups in total. The molecule has 106 valence electrons. The van der Waals surface area contributed by atoms with Crippen LogP contribution in [-0.4, -0.2) is 5.88 Å². The van der Waals surface area contributed by atoms with Gasteiger partial charge in [-0.2, -0.15) is 0 Å². The van der Waals surface area contributed by atoms with E-state index >= 15 is 0 Å². The normalized spacial score (nSPS) is 12.4. The van der Waals surface area contributed by atoms with E-state index < -0.39 is 0 Å². The lowest BCUT2D eigenvalue weighted by Gasteiger charge is -2.15. The zero-order chi connectivity index (χ0) is 14.5. The second kappa shape index (κ2) is 7.31. The number of halogens is 4. The van der Waals surface area contributed by atoms with Crippen LogP contribution in [0.4, 0.5) is 4.39 Å². The Bertz CT molecular complexity index is 584. The van der Waals surface area contributed by atoms with Crippen molar-refractivity contribution in [3.05, 3.63) is 69.5 Å². The first-order chi connectivity index (χ1) is 9.58. The van der Waals surface area contributed by atoms with E-state index in [1.165, 1.54) is 6.07 Å². The minimum absolute atomic E-state index is 0.189. The predicted octanol–water partition coefficient (Wildman–Crippen LogP) is 5.77. The molecule has 2 aromatic rings. The van der Waals surface area contributed by atoms with Gasteiger partial charge in [-0.25, -0.2) is 4.39 Å². The second-order valence-electron chi connectivity index (χ2n) is 4.79. The quantitative estimate of drug-likeness (QED) is 0.610. The van der Waals surface area contributed by atoms with Crippen LogP contribution in [0.2, 0.25) is 10.0 Å². The Morgan fingerprint density at radius 1 is 1.00 bits per heavy atom. The van der Waals surface area contributed by atoms with E-state index in [1.54, 1.807) is 24.3 Å². The van der Waals surface area contributed by atoms with Crippen molar-refractivity contribution in [3.63, 3.8) is 0 Å². The van der Waals surface area contributed by atoms with Crippen LogP contribution in [0.15, 0.2) is 42.5 Å². The summed E-state index contributed by atoms with van der Waals surface area (Å²) in [6, 6.07) is 12.0. The second-order valence-corrected chi connectivity index (χ2v) is 5.95. The van der Waals surface area contributed by atoms with Gasteiger partial charge in [-0.05, 0) is 60.2 Å². The third kappa shape index (κ3) is 4.37. The highest BCUT2D eigenvalue weighted by atomic mass is 35.5. The standard InChI is InChI=1S/C16H14Cl3F/c17-10-12(6-11-2-1-3-15(20)8-11)7-13-9-14(18)4-5-16(13)19/h1-5,8-9,12H,6-7,10H2. The topological polar surface area (TPSA) is 0 Å². The van der Waals surface area contributed by atoms with Crippen LogP contribution >= 0.6 is 34.8 Å². The summed E-state index contributed by atoms with van der Waals surface area (Å²) in [6.45, 7) is 0. The Kier molecular flexibility index (Phi) is 5.71. The Hall–Kier alpha value is -0.760. The van der Waals surface area contributed by atoms with Gasteiger partial charge in [-0.1, -0.05) is 35.3 Å². The molecule has 0 saturated carbocycles. The van der Waals surface area contributed by atoms with E-state index in [1.807, 2.05) is 12.1 Å². The van der Waals surface area contributed by atoms with Crippen LogP contribution in [0.25, 0.3) is 0 Å². The van der Waals surface area contributed by atoms with Crippen LogP contribution in [0.1, 0.15) is 11.1 Å². The maximum Gasteiger partial charge on any atom is 0.123 e. The minimum atomic E-state index is -0.225. The van der Waals surface area contributed by atoms with Gasteiger partial charge in [0.15, 0.2) is 0 Å². The summed E-state index contributed by atoms with van der Waals surface area (Å²) in [5.41, 5.74) is 1.91. The first kappa shape index (κ1) is 15.6. The van der Waals surface area contributed by atoms with E-state index in [2.05, 4.69) is 0 Å². The van der Waals surface area contributed by atoms with E-state index in [9.17, 15) is 4.39 Å².